The smallest absolute Gasteiger partial charge is 0.493 e. The summed E-state index contributed by atoms with van der Waals surface area (Å²) in [6.45, 7) is 2.70. The van der Waals surface area contributed by atoms with E-state index >= 15 is 0 Å². The molecule has 1 N–H and O–H groups in total. The van der Waals surface area contributed by atoms with Gasteiger partial charge in [-0.3, -0.25) is 9.48 Å². The molecule has 9 nitrogen and oxygen atoms in total. The molecular weight excluding hydrogens is 457 g/mol. The van der Waals surface area contributed by atoms with Gasteiger partial charge >= 0.3 is 12.1 Å². The molecule has 184 valence electrons. The van der Waals surface area contributed by atoms with E-state index in [9.17, 15) is 19.1 Å². The van der Waals surface area contributed by atoms with Crippen LogP contribution in [0.3, 0.4) is 0 Å². The number of aliphatic carboxylic acids is 1. The van der Waals surface area contributed by atoms with Crippen LogP contribution in [0.25, 0.3) is 11.1 Å². The molecule has 35 heavy (non-hydrogen) atoms. The number of hydroxylamine groups is 2. The third-order valence-corrected chi connectivity index (χ3v) is 5.77. The van der Waals surface area contributed by atoms with Crippen LogP contribution in [-0.2, 0) is 47.4 Å². The number of hydrogen-bond acceptors (Lipinski definition) is 7. The lowest BCUT2D eigenvalue weighted by atomic mass is 9.90. The second kappa shape index (κ2) is 10.6. The van der Waals surface area contributed by atoms with Crippen LogP contribution in [0, 0.1) is 5.82 Å². The quantitative estimate of drug-likeness (QED) is 0.482. The zero-order valence-electron chi connectivity index (χ0n) is 19.5. The Kier molecular flexibility index (Phi) is 7.31. The zero-order valence-corrected chi connectivity index (χ0v) is 19.5. The fourth-order valence-electron chi connectivity index (χ4n) is 4.10. The zero-order chi connectivity index (χ0) is 24.9. The molecule has 0 amide bonds. The summed E-state index contributed by atoms with van der Waals surface area (Å²) in [7, 11) is 1.74. The highest BCUT2D eigenvalue weighted by molar-refractivity contribution is 5.77. The van der Waals surface area contributed by atoms with Gasteiger partial charge in [0.2, 0.25) is 0 Å². The second-order valence-electron chi connectivity index (χ2n) is 8.08. The van der Waals surface area contributed by atoms with Crippen LogP contribution in [0.4, 0.5) is 9.18 Å². The van der Waals surface area contributed by atoms with Gasteiger partial charge in [0, 0.05) is 25.4 Å². The number of rotatable bonds is 8. The van der Waals surface area contributed by atoms with Gasteiger partial charge < -0.3 is 19.4 Å². The van der Waals surface area contributed by atoms with Crippen molar-refractivity contribution in [2.45, 2.75) is 32.9 Å². The first-order chi connectivity index (χ1) is 16.9. The number of halogens is 1. The molecule has 0 radical (unpaired) electrons. The van der Waals surface area contributed by atoms with Gasteiger partial charge in [-0.2, -0.15) is 5.10 Å². The van der Waals surface area contributed by atoms with Gasteiger partial charge in [0.05, 0.1) is 25.3 Å². The molecule has 10 heteroatoms. The average Bonchev–Trinajstić information content (AvgIpc) is 3.23. The molecule has 3 aromatic rings. The van der Waals surface area contributed by atoms with Crippen molar-refractivity contribution in [3.8, 4) is 16.9 Å². The average molecular weight is 483 g/mol. The number of aryl methyl sites for hydroxylation is 1. The van der Waals surface area contributed by atoms with Gasteiger partial charge in [0.15, 0.2) is 0 Å². The van der Waals surface area contributed by atoms with E-state index in [0.717, 1.165) is 0 Å². The molecule has 0 bridgehead atoms. The molecule has 1 aliphatic rings. The molecule has 4 rings (SSSR count). The van der Waals surface area contributed by atoms with Crippen molar-refractivity contribution in [1.82, 2.24) is 14.8 Å². The number of hydrogen-bond donors (Lipinski definition) is 1. The standard InChI is InChI=1S/C25H26FN3O6/c1-3-33-23-7-4-16(13-24(30)31)12-20(23)18-5-6-22(26)19-9-11-29(14-21(18)19)35-25(32)34-15-17-8-10-27-28(17)2/h4-8,10,12H,3,9,11,13-15H2,1-2H3,(H,30,31). The number of ether oxygens (including phenoxy) is 2. The minimum atomic E-state index is -0.953. The number of carbonyl (C=O) groups excluding carboxylic acids is 1. The van der Waals surface area contributed by atoms with Crippen molar-refractivity contribution in [3.05, 3.63) is 70.8 Å². The molecule has 0 aliphatic carbocycles. The van der Waals surface area contributed by atoms with E-state index in [1.807, 2.05) is 6.92 Å². The highest BCUT2D eigenvalue weighted by Gasteiger charge is 2.27. The Morgan fingerprint density at radius 2 is 1.97 bits per heavy atom. The first-order valence-corrected chi connectivity index (χ1v) is 11.2. The predicted molar refractivity (Wildman–Crippen MR) is 123 cm³/mol. The summed E-state index contributed by atoms with van der Waals surface area (Å²) < 4.78 is 27.3. The van der Waals surface area contributed by atoms with E-state index in [2.05, 4.69) is 5.10 Å². The number of aromatic nitrogens is 2. The maximum atomic E-state index is 14.7. The number of fused-ring (bicyclic) bond motifs is 1. The minimum absolute atomic E-state index is 0.00766. The molecule has 0 spiro atoms. The molecule has 1 aromatic heterocycles. The van der Waals surface area contributed by atoms with Crippen LogP contribution in [0.2, 0.25) is 0 Å². The number of benzene rings is 2. The van der Waals surface area contributed by atoms with Crippen molar-refractivity contribution in [1.29, 1.82) is 0 Å². The van der Waals surface area contributed by atoms with Crippen LogP contribution in [0.1, 0.15) is 29.3 Å². The largest absolute Gasteiger partial charge is 0.528 e. The second-order valence-corrected chi connectivity index (χ2v) is 8.08. The first kappa shape index (κ1) is 24.2. The Balaban J connectivity index is 1.58. The van der Waals surface area contributed by atoms with E-state index in [4.69, 9.17) is 14.3 Å². The summed E-state index contributed by atoms with van der Waals surface area (Å²) in [5, 5.41) is 14.7. The molecule has 0 atom stereocenters. The summed E-state index contributed by atoms with van der Waals surface area (Å²) >= 11 is 0. The van der Waals surface area contributed by atoms with Crippen molar-refractivity contribution in [2.24, 2.45) is 7.05 Å². The van der Waals surface area contributed by atoms with Gasteiger partial charge in [-0.15, -0.1) is 5.06 Å². The molecule has 1 aliphatic heterocycles. The van der Waals surface area contributed by atoms with Crippen molar-refractivity contribution in [2.75, 3.05) is 13.2 Å². The summed E-state index contributed by atoms with van der Waals surface area (Å²) in [6, 6.07) is 9.93. The van der Waals surface area contributed by atoms with Gasteiger partial charge in [-0.05, 0) is 59.9 Å². The van der Waals surface area contributed by atoms with Crippen LogP contribution in [-0.4, -0.2) is 45.2 Å². The maximum Gasteiger partial charge on any atom is 0.528 e. The molecule has 0 unspecified atom stereocenters. The summed E-state index contributed by atoms with van der Waals surface area (Å²) in [6.07, 6.45) is 0.901. The van der Waals surface area contributed by atoms with E-state index in [1.165, 1.54) is 11.1 Å². The molecule has 2 heterocycles. The monoisotopic (exact) mass is 483 g/mol. The highest BCUT2D eigenvalue weighted by Crippen LogP contribution is 2.38. The van der Waals surface area contributed by atoms with E-state index in [1.54, 1.807) is 48.3 Å². The lowest BCUT2D eigenvalue weighted by molar-refractivity contribution is -0.139. The predicted octanol–water partition coefficient (Wildman–Crippen LogP) is 3.88. The van der Waals surface area contributed by atoms with E-state index in [-0.39, 0.29) is 25.4 Å². The fraction of sp³-hybridized carbons (Fsp3) is 0.320. The van der Waals surface area contributed by atoms with Crippen molar-refractivity contribution < 1.29 is 33.4 Å². The maximum absolute atomic E-state index is 14.7. The Morgan fingerprint density at radius 1 is 1.14 bits per heavy atom. The summed E-state index contributed by atoms with van der Waals surface area (Å²) in [5.41, 5.74) is 3.81. The molecule has 0 saturated carbocycles. The van der Waals surface area contributed by atoms with Crippen LogP contribution >= 0.6 is 0 Å². The van der Waals surface area contributed by atoms with Crippen molar-refractivity contribution >= 4 is 12.1 Å². The van der Waals surface area contributed by atoms with Gasteiger partial charge in [0.1, 0.15) is 18.2 Å². The number of carboxylic acids is 1. The summed E-state index contributed by atoms with van der Waals surface area (Å²) in [5.74, 6) is -0.739. The van der Waals surface area contributed by atoms with Gasteiger partial charge in [-0.1, -0.05) is 12.1 Å². The van der Waals surface area contributed by atoms with Crippen molar-refractivity contribution in [3.63, 3.8) is 0 Å². The van der Waals surface area contributed by atoms with Crippen LogP contribution in [0.15, 0.2) is 42.6 Å². The molecule has 0 fully saturated rings. The summed E-state index contributed by atoms with van der Waals surface area (Å²) in [4.78, 5) is 28.9. The minimum Gasteiger partial charge on any atom is -0.493 e. The van der Waals surface area contributed by atoms with Gasteiger partial charge in [0.25, 0.3) is 0 Å². The number of nitrogens with zero attached hydrogens (tertiary/aromatic N) is 3. The Labute approximate surface area is 201 Å². The lowest BCUT2D eigenvalue weighted by Gasteiger charge is -2.29. The lowest BCUT2D eigenvalue weighted by Crippen LogP contribution is -2.34. The third kappa shape index (κ3) is 5.60. The Bertz CT molecular complexity index is 1240. The molecular formula is C25H26FN3O6. The normalized spacial score (nSPS) is 13.2. The Morgan fingerprint density at radius 3 is 2.69 bits per heavy atom. The van der Waals surface area contributed by atoms with E-state index < -0.39 is 12.1 Å². The molecule has 2 aromatic carbocycles. The first-order valence-electron chi connectivity index (χ1n) is 11.2. The van der Waals surface area contributed by atoms with Crippen LogP contribution < -0.4 is 4.74 Å². The number of carboxylic acid groups (broad SMARTS) is 1. The third-order valence-electron chi connectivity index (χ3n) is 5.77. The van der Waals surface area contributed by atoms with E-state index in [0.29, 0.717) is 58.8 Å². The number of carbonyl (C=O) groups is 2. The molecule has 0 saturated heterocycles. The topological polar surface area (TPSA) is 103 Å². The highest BCUT2D eigenvalue weighted by atomic mass is 19.1. The van der Waals surface area contributed by atoms with Crippen LogP contribution in [0.5, 0.6) is 5.75 Å². The van der Waals surface area contributed by atoms with Gasteiger partial charge in [-0.25, -0.2) is 9.18 Å². The Hall–Kier alpha value is -3.92. The fourth-order valence-corrected chi connectivity index (χ4v) is 4.10. The SMILES string of the molecule is CCOc1ccc(CC(=O)O)cc1-c1ccc(F)c2c1CN(OC(=O)OCc1ccnn1C)CC2.